The van der Waals surface area contributed by atoms with Gasteiger partial charge in [0.25, 0.3) is 5.69 Å². The van der Waals surface area contributed by atoms with Crippen LogP contribution in [0.25, 0.3) is 10.2 Å². The van der Waals surface area contributed by atoms with Crippen molar-refractivity contribution in [2.45, 2.75) is 25.3 Å². The third kappa shape index (κ3) is 3.55. The van der Waals surface area contributed by atoms with Crippen LogP contribution in [0.5, 0.6) is 0 Å². The topological polar surface area (TPSA) is 59.3 Å². The van der Waals surface area contributed by atoms with E-state index in [2.05, 4.69) is 23.1 Å². The molecule has 1 aliphatic heterocycles. The van der Waals surface area contributed by atoms with E-state index in [9.17, 15) is 10.1 Å². The smallest absolute Gasteiger partial charge is 0.269 e. The van der Waals surface area contributed by atoms with E-state index >= 15 is 0 Å². The van der Waals surface area contributed by atoms with Gasteiger partial charge in [-0.3, -0.25) is 15.0 Å². The molecule has 25 heavy (non-hydrogen) atoms. The molecular weight excluding hydrogens is 334 g/mol. The van der Waals surface area contributed by atoms with Crippen LogP contribution in [-0.4, -0.2) is 27.9 Å². The van der Waals surface area contributed by atoms with Gasteiger partial charge < -0.3 is 0 Å². The number of rotatable bonds is 4. The van der Waals surface area contributed by atoms with E-state index in [1.54, 1.807) is 12.1 Å². The molecule has 128 valence electrons. The molecule has 2 heterocycles. The van der Waals surface area contributed by atoms with E-state index in [1.165, 1.54) is 9.71 Å². The van der Waals surface area contributed by atoms with Crippen LogP contribution >= 0.6 is 11.3 Å². The lowest BCUT2D eigenvalue weighted by Crippen LogP contribution is -2.32. The van der Waals surface area contributed by atoms with Crippen molar-refractivity contribution in [3.05, 3.63) is 69.2 Å². The lowest BCUT2D eigenvalue weighted by atomic mass is 9.97. The van der Waals surface area contributed by atoms with Crippen LogP contribution in [0, 0.1) is 10.1 Å². The zero-order chi connectivity index (χ0) is 17.2. The highest BCUT2D eigenvalue weighted by Gasteiger charge is 2.23. The van der Waals surface area contributed by atoms with Crippen LogP contribution in [-0.2, 0) is 6.54 Å². The first kappa shape index (κ1) is 16.2. The molecule has 0 unspecified atom stereocenters. The van der Waals surface area contributed by atoms with Gasteiger partial charge in [0, 0.05) is 24.6 Å². The SMILES string of the molecule is O=[N+]([O-])c1ccc(CN2CCC(c3nc4ccccc4s3)CC2)cc1. The molecular formula is C19H19N3O2S. The number of likely N-dealkylation sites (tertiary alicyclic amines) is 1. The molecule has 4 rings (SSSR count). The van der Waals surface area contributed by atoms with Crippen molar-refractivity contribution in [3.8, 4) is 0 Å². The number of aromatic nitrogens is 1. The Morgan fingerprint density at radius 2 is 1.84 bits per heavy atom. The highest BCUT2D eigenvalue weighted by atomic mass is 32.1. The molecule has 0 atom stereocenters. The second kappa shape index (κ2) is 6.90. The van der Waals surface area contributed by atoms with Crippen LogP contribution in [0.1, 0.15) is 29.3 Å². The summed E-state index contributed by atoms with van der Waals surface area (Å²) >= 11 is 1.82. The van der Waals surface area contributed by atoms with Gasteiger partial charge in [0.15, 0.2) is 0 Å². The van der Waals surface area contributed by atoms with Gasteiger partial charge in [-0.1, -0.05) is 24.3 Å². The molecule has 0 saturated carbocycles. The molecule has 1 saturated heterocycles. The van der Waals surface area contributed by atoms with Gasteiger partial charge >= 0.3 is 0 Å². The summed E-state index contributed by atoms with van der Waals surface area (Å²) in [5, 5.41) is 12.0. The summed E-state index contributed by atoms with van der Waals surface area (Å²) < 4.78 is 1.27. The second-order valence-corrected chi connectivity index (χ2v) is 7.56. The van der Waals surface area contributed by atoms with Gasteiger partial charge in [-0.2, -0.15) is 0 Å². The summed E-state index contributed by atoms with van der Waals surface area (Å²) in [7, 11) is 0. The first-order chi connectivity index (χ1) is 12.2. The van der Waals surface area contributed by atoms with Gasteiger partial charge in [-0.05, 0) is 43.6 Å². The number of benzene rings is 2. The third-order valence-electron chi connectivity index (χ3n) is 4.80. The third-order valence-corrected chi connectivity index (χ3v) is 6.00. The average molecular weight is 353 g/mol. The van der Waals surface area contributed by atoms with Crippen molar-refractivity contribution in [2.24, 2.45) is 0 Å². The van der Waals surface area contributed by atoms with Crippen molar-refractivity contribution < 1.29 is 4.92 Å². The molecule has 6 heteroatoms. The first-order valence-electron chi connectivity index (χ1n) is 8.50. The molecule has 0 N–H and O–H groups in total. The molecule has 2 aromatic carbocycles. The number of piperidine rings is 1. The molecule has 1 fully saturated rings. The summed E-state index contributed by atoms with van der Waals surface area (Å²) in [6.45, 7) is 2.93. The van der Waals surface area contributed by atoms with E-state index in [-0.39, 0.29) is 10.6 Å². The predicted octanol–water partition coefficient (Wildman–Crippen LogP) is 4.58. The number of para-hydroxylation sites is 1. The molecule has 3 aromatic rings. The molecule has 5 nitrogen and oxygen atoms in total. The number of nitrogens with zero attached hydrogens (tertiary/aromatic N) is 3. The maximum absolute atomic E-state index is 10.7. The minimum Gasteiger partial charge on any atom is -0.299 e. The molecule has 1 aliphatic rings. The Kier molecular flexibility index (Phi) is 4.46. The van der Waals surface area contributed by atoms with Crippen LogP contribution in [0.4, 0.5) is 5.69 Å². The van der Waals surface area contributed by atoms with Gasteiger partial charge in [0.2, 0.25) is 0 Å². The number of fused-ring (bicyclic) bond motifs is 1. The lowest BCUT2D eigenvalue weighted by molar-refractivity contribution is -0.384. The second-order valence-electron chi connectivity index (χ2n) is 6.49. The lowest BCUT2D eigenvalue weighted by Gasteiger charge is -2.31. The Labute approximate surface area is 150 Å². The number of non-ortho nitro benzene ring substituents is 1. The predicted molar refractivity (Wildman–Crippen MR) is 100.0 cm³/mol. The first-order valence-corrected chi connectivity index (χ1v) is 9.32. The summed E-state index contributed by atoms with van der Waals surface area (Å²) in [4.78, 5) is 17.6. The van der Waals surface area contributed by atoms with E-state index in [0.717, 1.165) is 43.6 Å². The normalized spacial score (nSPS) is 16.3. The maximum atomic E-state index is 10.7. The summed E-state index contributed by atoms with van der Waals surface area (Å²) in [6, 6.07) is 15.2. The summed E-state index contributed by atoms with van der Waals surface area (Å²) in [5.74, 6) is 0.547. The zero-order valence-electron chi connectivity index (χ0n) is 13.8. The number of thiazole rings is 1. The zero-order valence-corrected chi connectivity index (χ0v) is 14.6. The van der Waals surface area contributed by atoms with Crippen molar-refractivity contribution >= 4 is 27.2 Å². The van der Waals surface area contributed by atoms with Crippen molar-refractivity contribution in [3.63, 3.8) is 0 Å². The summed E-state index contributed by atoms with van der Waals surface area (Å²) in [6.07, 6.45) is 2.24. The Morgan fingerprint density at radius 1 is 1.12 bits per heavy atom. The van der Waals surface area contributed by atoms with Crippen molar-refractivity contribution in [2.75, 3.05) is 13.1 Å². The number of nitro benzene ring substituents is 1. The molecule has 0 amide bonds. The Morgan fingerprint density at radius 3 is 2.52 bits per heavy atom. The highest BCUT2D eigenvalue weighted by molar-refractivity contribution is 7.18. The number of hydrogen-bond acceptors (Lipinski definition) is 5. The van der Waals surface area contributed by atoms with Crippen LogP contribution < -0.4 is 0 Å². The maximum Gasteiger partial charge on any atom is 0.269 e. The van der Waals surface area contributed by atoms with E-state index < -0.39 is 0 Å². The quantitative estimate of drug-likeness (QED) is 0.509. The minimum absolute atomic E-state index is 0.151. The van der Waals surface area contributed by atoms with Crippen molar-refractivity contribution in [1.82, 2.24) is 9.88 Å². The van der Waals surface area contributed by atoms with Gasteiger partial charge in [-0.15, -0.1) is 11.3 Å². The van der Waals surface area contributed by atoms with Crippen molar-refractivity contribution in [1.29, 1.82) is 0 Å². The molecule has 0 bridgehead atoms. The standard InChI is InChI=1S/C19H19N3O2S/c23-22(24)16-7-5-14(6-8-16)13-21-11-9-15(10-12-21)19-20-17-3-1-2-4-18(17)25-19/h1-8,15H,9-13H2. The van der Waals surface area contributed by atoms with Gasteiger partial charge in [-0.25, -0.2) is 4.98 Å². The number of hydrogen-bond donors (Lipinski definition) is 0. The van der Waals surface area contributed by atoms with Crippen LogP contribution in [0.3, 0.4) is 0 Å². The highest BCUT2D eigenvalue weighted by Crippen LogP contribution is 2.34. The molecule has 0 aliphatic carbocycles. The van der Waals surface area contributed by atoms with E-state index in [4.69, 9.17) is 4.98 Å². The Bertz CT molecular complexity index is 850. The molecule has 0 radical (unpaired) electrons. The fraction of sp³-hybridized carbons (Fsp3) is 0.316. The minimum atomic E-state index is -0.354. The van der Waals surface area contributed by atoms with Crippen LogP contribution in [0.15, 0.2) is 48.5 Å². The average Bonchev–Trinajstić information content (AvgIpc) is 3.07. The Balaban J connectivity index is 1.37. The van der Waals surface area contributed by atoms with Crippen LogP contribution in [0.2, 0.25) is 0 Å². The van der Waals surface area contributed by atoms with Gasteiger partial charge in [0.1, 0.15) is 0 Å². The van der Waals surface area contributed by atoms with Gasteiger partial charge in [0.05, 0.1) is 20.1 Å². The van der Waals surface area contributed by atoms with E-state index in [1.807, 2.05) is 29.5 Å². The fourth-order valence-corrected chi connectivity index (χ4v) is 4.52. The Hall–Kier alpha value is -2.31. The van der Waals surface area contributed by atoms with E-state index in [0.29, 0.717) is 5.92 Å². The largest absolute Gasteiger partial charge is 0.299 e. The monoisotopic (exact) mass is 353 g/mol. The molecule has 1 aromatic heterocycles. The summed E-state index contributed by atoms with van der Waals surface area (Å²) in [5.41, 5.74) is 2.39. The number of nitro groups is 1. The molecule has 0 spiro atoms. The fourth-order valence-electron chi connectivity index (χ4n) is 3.38.